The molecule has 0 unspecified atom stereocenters. The number of benzene rings is 2. The Morgan fingerprint density at radius 1 is 1.00 bits per heavy atom. The zero-order chi connectivity index (χ0) is 23.1. The molecular weight excluding hydrogens is 456 g/mol. The van der Waals surface area contributed by atoms with Crippen molar-refractivity contribution in [1.29, 1.82) is 0 Å². The number of ether oxygens (including phenoxy) is 1. The summed E-state index contributed by atoms with van der Waals surface area (Å²) >= 11 is 1.51. The second kappa shape index (κ2) is 10.9. The predicted octanol–water partition coefficient (Wildman–Crippen LogP) is 5.13. The zero-order valence-electron chi connectivity index (χ0n) is 18.2. The average molecular weight is 483 g/mol. The zero-order valence-corrected chi connectivity index (χ0v) is 19.9. The number of rotatable bonds is 7. The molecule has 33 heavy (non-hydrogen) atoms. The Hall–Kier alpha value is -2.81. The Balaban J connectivity index is 1.31. The quantitative estimate of drug-likeness (QED) is 0.345. The second-order valence-corrected chi connectivity index (χ2v) is 10.6. The molecule has 1 saturated heterocycles. The van der Waals surface area contributed by atoms with Crippen LogP contribution in [0.2, 0.25) is 0 Å². The van der Waals surface area contributed by atoms with Crippen molar-refractivity contribution < 1.29 is 17.9 Å². The van der Waals surface area contributed by atoms with Crippen LogP contribution in [-0.2, 0) is 26.2 Å². The largest absolute Gasteiger partial charge is 0.456 e. The molecule has 0 spiro atoms. The van der Waals surface area contributed by atoms with Crippen molar-refractivity contribution in [2.24, 2.45) is 0 Å². The van der Waals surface area contributed by atoms with Crippen LogP contribution in [-0.4, -0.2) is 36.8 Å². The Kier molecular flexibility index (Phi) is 7.69. The molecular formula is C25H26N2O4S2. The average Bonchev–Trinajstić information content (AvgIpc) is 3.14. The lowest BCUT2D eigenvalue weighted by atomic mass is 10.2. The van der Waals surface area contributed by atoms with E-state index < -0.39 is 16.0 Å². The number of carbonyl (C=O) groups excluding carboxylic acids is 1. The Bertz CT molecular complexity index is 1190. The number of esters is 1. The Morgan fingerprint density at radius 2 is 1.70 bits per heavy atom. The SMILES string of the molecule is O=C(C=Cc1ccc(S(=O)(=O)N2CCCCCC2)cc1)OCc1csc(-c2ccccc2)n1. The highest BCUT2D eigenvalue weighted by Gasteiger charge is 2.24. The van der Waals surface area contributed by atoms with Crippen molar-refractivity contribution >= 4 is 33.4 Å². The van der Waals surface area contributed by atoms with Gasteiger partial charge in [0.1, 0.15) is 11.6 Å². The maximum Gasteiger partial charge on any atom is 0.331 e. The third-order valence-electron chi connectivity index (χ3n) is 5.43. The van der Waals surface area contributed by atoms with Crippen LogP contribution >= 0.6 is 11.3 Å². The van der Waals surface area contributed by atoms with Gasteiger partial charge in [-0.25, -0.2) is 18.2 Å². The molecule has 4 rings (SSSR count). The first-order valence-corrected chi connectivity index (χ1v) is 13.3. The van der Waals surface area contributed by atoms with Gasteiger partial charge in [0.25, 0.3) is 0 Å². The van der Waals surface area contributed by atoms with Gasteiger partial charge in [-0.05, 0) is 36.6 Å². The number of sulfonamides is 1. The van der Waals surface area contributed by atoms with Crippen LogP contribution in [0.5, 0.6) is 0 Å². The van der Waals surface area contributed by atoms with Gasteiger partial charge in [-0.2, -0.15) is 4.31 Å². The van der Waals surface area contributed by atoms with Gasteiger partial charge < -0.3 is 4.74 Å². The molecule has 2 heterocycles. The minimum atomic E-state index is -3.48. The fraction of sp³-hybridized carbons (Fsp3) is 0.280. The molecule has 0 N–H and O–H groups in total. The maximum atomic E-state index is 12.9. The van der Waals surface area contributed by atoms with E-state index in [2.05, 4.69) is 4.98 Å². The van der Waals surface area contributed by atoms with Crippen molar-refractivity contribution in [3.8, 4) is 10.6 Å². The minimum Gasteiger partial charge on any atom is -0.456 e. The first kappa shape index (κ1) is 23.4. The number of hydrogen-bond acceptors (Lipinski definition) is 6. The van der Waals surface area contributed by atoms with Crippen LogP contribution < -0.4 is 0 Å². The number of carbonyl (C=O) groups is 1. The fourth-order valence-electron chi connectivity index (χ4n) is 3.63. The molecule has 172 valence electrons. The summed E-state index contributed by atoms with van der Waals surface area (Å²) < 4.78 is 32.6. The van der Waals surface area contributed by atoms with Crippen LogP contribution in [0.25, 0.3) is 16.6 Å². The van der Waals surface area contributed by atoms with E-state index in [0.717, 1.165) is 41.8 Å². The third kappa shape index (κ3) is 6.16. The highest BCUT2D eigenvalue weighted by atomic mass is 32.2. The summed E-state index contributed by atoms with van der Waals surface area (Å²) in [6.07, 6.45) is 6.89. The highest BCUT2D eigenvalue weighted by Crippen LogP contribution is 2.24. The van der Waals surface area contributed by atoms with Gasteiger partial charge in [0.15, 0.2) is 0 Å². The lowest BCUT2D eigenvalue weighted by Crippen LogP contribution is -2.31. The number of hydrogen-bond donors (Lipinski definition) is 0. The van der Waals surface area contributed by atoms with Gasteiger partial charge in [0.05, 0.1) is 10.6 Å². The van der Waals surface area contributed by atoms with E-state index in [4.69, 9.17) is 4.74 Å². The van der Waals surface area contributed by atoms with E-state index in [1.54, 1.807) is 34.6 Å². The Morgan fingerprint density at radius 3 is 2.39 bits per heavy atom. The van der Waals surface area contributed by atoms with Crippen LogP contribution in [0.4, 0.5) is 0 Å². The van der Waals surface area contributed by atoms with E-state index in [9.17, 15) is 13.2 Å². The van der Waals surface area contributed by atoms with Crippen molar-refractivity contribution in [2.75, 3.05) is 13.1 Å². The Labute approximate surface area is 198 Å². The number of nitrogens with zero attached hydrogens (tertiary/aromatic N) is 2. The molecule has 3 aromatic rings. The number of aromatic nitrogens is 1. The van der Waals surface area contributed by atoms with E-state index in [0.29, 0.717) is 18.8 Å². The van der Waals surface area contributed by atoms with Gasteiger partial charge in [0, 0.05) is 30.1 Å². The minimum absolute atomic E-state index is 0.0967. The topological polar surface area (TPSA) is 76.6 Å². The lowest BCUT2D eigenvalue weighted by Gasteiger charge is -2.19. The summed E-state index contributed by atoms with van der Waals surface area (Å²) in [6, 6.07) is 16.4. The molecule has 0 atom stereocenters. The molecule has 0 bridgehead atoms. The van der Waals surface area contributed by atoms with E-state index in [1.165, 1.54) is 17.4 Å². The number of thiazole rings is 1. The van der Waals surface area contributed by atoms with Crippen LogP contribution in [0.1, 0.15) is 36.9 Å². The fourth-order valence-corrected chi connectivity index (χ4v) is 5.95. The van der Waals surface area contributed by atoms with Gasteiger partial charge in [-0.15, -0.1) is 11.3 Å². The summed E-state index contributed by atoms with van der Waals surface area (Å²) in [5.74, 6) is -0.481. The summed E-state index contributed by atoms with van der Waals surface area (Å²) in [5, 5.41) is 2.76. The molecule has 8 heteroatoms. The molecule has 0 radical (unpaired) electrons. The molecule has 6 nitrogen and oxygen atoms in total. The van der Waals surface area contributed by atoms with Crippen LogP contribution in [0.15, 0.2) is 70.9 Å². The molecule has 1 fully saturated rings. The maximum absolute atomic E-state index is 12.9. The third-order valence-corrected chi connectivity index (χ3v) is 8.28. The van der Waals surface area contributed by atoms with Gasteiger partial charge in [-0.1, -0.05) is 55.3 Å². The smallest absolute Gasteiger partial charge is 0.331 e. The van der Waals surface area contributed by atoms with Gasteiger partial charge in [0.2, 0.25) is 10.0 Å². The van der Waals surface area contributed by atoms with Crippen LogP contribution in [0.3, 0.4) is 0 Å². The van der Waals surface area contributed by atoms with Crippen molar-refractivity contribution in [1.82, 2.24) is 9.29 Å². The van der Waals surface area contributed by atoms with Crippen molar-refractivity contribution in [2.45, 2.75) is 37.2 Å². The normalized spacial score (nSPS) is 15.4. The standard InChI is InChI=1S/C25H26N2O4S2/c28-24(31-18-22-19-32-25(26-22)21-8-4-3-5-9-21)15-12-20-10-13-23(14-11-20)33(29,30)27-16-6-1-2-7-17-27/h3-5,8-15,19H,1-2,6-7,16-18H2. The summed E-state index contributed by atoms with van der Waals surface area (Å²) in [7, 11) is -3.48. The molecule has 1 aliphatic rings. The van der Waals surface area contributed by atoms with E-state index in [-0.39, 0.29) is 11.5 Å². The summed E-state index contributed by atoms with van der Waals surface area (Å²) in [6.45, 7) is 1.24. The molecule has 1 aromatic heterocycles. The molecule has 0 aliphatic carbocycles. The van der Waals surface area contributed by atoms with Crippen molar-refractivity contribution in [3.63, 3.8) is 0 Å². The molecule has 0 amide bonds. The van der Waals surface area contributed by atoms with Crippen molar-refractivity contribution in [3.05, 3.63) is 77.3 Å². The first-order chi connectivity index (χ1) is 16.0. The van der Waals surface area contributed by atoms with Gasteiger partial charge in [-0.3, -0.25) is 0 Å². The monoisotopic (exact) mass is 482 g/mol. The van der Waals surface area contributed by atoms with Crippen LogP contribution in [0, 0.1) is 0 Å². The summed E-state index contributed by atoms with van der Waals surface area (Å²) in [5.41, 5.74) is 2.45. The van der Waals surface area contributed by atoms with Gasteiger partial charge >= 0.3 is 5.97 Å². The molecule has 1 aliphatic heterocycles. The van der Waals surface area contributed by atoms with E-state index >= 15 is 0 Å². The lowest BCUT2D eigenvalue weighted by molar-refractivity contribution is -0.139. The highest BCUT2D eigenvalue weighted by molar-refractivity contribution is 7.89. The second-order valence-electron chi connectivity index (χ2n) is 7.84. The summed E-state index contributed by atoms with van der Waals surface area (Å²) in [4.78, 5) is 16.9. The molecule has 0 saturated carbocycles. The van der Waals surface area contributed by atoms with E-state index in [1.807, 2.05) is 35.7 Å². The predicted molar refractivity (Wildman–Crippen MR) is 130 cm³/mol. The first-order valence-electron chi connectivity index (χ1n) is 11.0. The molecule has 2 aromatic carbocycles.